The van der Waals surface area contributed by atoms with Crippen molar-refractivity contribution in [3.8, 4) is 6.07 Å². The highest BCUT2D eigenvalue weighted by Gasteiger charge is 2.22. The zero-order valence-corrected chi connectivity index (χ0v) is 10.2. The molecular formula is C10H15N5S. The summed E-state index contributed by atoms with van der Waals surface area (Å²) in [6.45, 7) is 2.03. The van der Waals surface area contributed by atoms with E-state index in [2.05, 4.69) is 21.6 Å². The van der Waals surface area contributed by atoms with Crippen LogP contribution >= 0.6 is 11.8 Å². The third-order valence-corrected chi connectivity index (χ3v) is 3.87. The molecule has 16 heavy (non-hydrogen) atoms. The van der Waals surface area contributed by atoms with Gasteiger partial charge in [0, 0.05) is 11.7 Å². The molecule has 1 aliphatic rings. The first kappa shape index (κ1) is 11.4. The second kappa shape index (κ2) is 5.30. The molecule has 5 nitrogen and oxygen atoms in total. The highest BCUT2D eigenvalue weighted by molar-refractivity contribution is 7.99. The fourth-order valence-electron chi connectivity index (χ4n) is 1.99. The molecule has 0 amide bonds. The van der Waals surface area contributed by atoms with Crippen LogP contribution in [-0.2, 0) is 0 Å². The van der Waals surface area contributed by atoms with Crippen LogP contribution in [0.15, 0.2) is 5.16 Å². The predicted molar refractivity (Wildman–Crippen MR) is 60.9 cm³/mol. The molecule has 0 aromatic carbocycles. The molecule has 1 aromatic rings. The van der Waals surface area contributed by atoms with Gasteiger partial charge in [-0.3, -0.25) is 0 Å². The van der Waals surface area contributed by atoms with Crippen LogP contribution in [0.2, 0.25) is 0 Å². The van der Waals surface area contributed by atoms with Crippen molar-refractivity contribution in [1.82, 2.24) is 20.2 Å². The van der Waals surface area contributed by atoms with Crippen LogP contribution < -0.4 is 0 Å². The molecule has 86 valence electrons. The number of tetrazole rings is 1. The molecule has 1 aromatic heterocycles. The molecule has 1 heterocycles. The van der Waals surface area contributed by atoms with E-state index in [1.807, 2.05) is 11.6 Å². The van der Waals surface area contributed by atoms with Crippen LogP contribution in [0, 0.1) is 11.3 Å². The average Bonchev–Trinajstić information content (AvgIpc) is 2.86. The fourth-order valence-corrected chi connectivity index (χ4v) is 2.89. The molecule has 6 heteroatoms. The first-order chi connectivity index (χ1) is 7.81. The minimum Gasteiger partial charge on any atom is -0.217 e. The van der Waals surface area contributed by atoms with E-state index in [0.717, 1.165) is 5.16 Å². The number of nitrogens with zero attached hydrogens (tertiary/aromatic N) is 5. The molecule has 0 radical (unpaired) electrons. The molecule has 0 bridgehead atoms. The van der Waals surface area contributed by atoms with Gasteiger partial charge in [0.1, 0.15) is 0 Å². The Balaban J connectivity index is 2.04. The average molecular weight is 237 g/mol. The second-order valence-corrected chi connectivity index (χ2v) is 5.54. The summed E-state index contributed by atoms with van der Waals surface area (Å²) in [4.78, 5) is 0. The number of hydrogen-bond acceptors (Lipinski definition) is 5. The summed E-state index contributed by atoms with van der Waals surface area (Å²) >= 11 is 1.59. The van der Waals surface area contributed by atoms with Crippen LogP contribution in [0.25, 0.3) is 0 Å². The van der Waals surface area contributed by atoms with Crippen molar-refractivity contribution < 1.29 is 0 Å². The fraction of sp³-hybridized carbons (Fsp3) is 0.800. The van der Waals surface area contributed by atoms with Gasteiger partial charge in [0.15, 0.2) is 0 Å². The molecule has 0 saturated heterocycles. The van der Waals surface area contributed by atoms with E-state index in [-0.39, 0.29) is 5.25 Å². The Morgan fingerprint density at radius 2 is 2.31 bits per heavy atom. The molecule has 1 saturated carbocycles. The number of thioether (sulfide) groups is 1. The Labute approximate surface area is 99.2 Å². The van der Waals surface area contributed by atoms with Crippen molar-refractivity contribution in [2.45, 2.75) is 55.5 Å². The maximum atomic E-state index is 8.62. The van der Waals surface area contributed by atoms with Gasteiger partial charge in [-0.1, -0.05) is 31.5 Å². The molecule has 1 unspecified atom stereocenters. The van der Waals surface area contributed by atoms with Gasteiger partial charge in [0.05, 0.1) is 12.1 Å². The van der Waals surface area contributed by atoms with Crippen molar-refractivity contribution in [2.24, 2.45) is 0 Å². The maximum absolute atomic E-state index is 8.62. The zero-order chi connectivity index (χ0) is 11.4. The van der Waals surface area contributed by atoms with E-state index < -0.39 is 0 Å². The lowest BCUT2D eigenvalue weighted by Gasteiger charge is -2.12. The largest absolute Gasteiger partial charge is 0.217 e. The first-order valence-electron chi connectivity index (χ1n) is 5.62. The Morgan fingerprint density at radius 3 is 3.00 bits per heavy atom. The van der Waals surface area contributed by atoms with Crippen molar-refractivity contribution in [1.29, 1.82) is 5.26 Å². The smallest absolute Gasteiger partial charge is 0.209 e. The monoisotopic (exact) mass is 237 g/mol. The standard InChI is InChI=1S/C10H15N5S/c1-8(6-7-11)16-10-12-13-14-15(10)9-4-2-3-5-9/h8-9H,2-6H2,1H3. The number of rotatable bonds is 4. The topological polar surface area (TPSA) is 67.4 Å². The van der Waals surface area contributed by atoms with Crippen LogP contribution in [0.1, 0.15) is 45.1 Å². The Bertz CT molecular complexity index is 377. The van der Waals surface area contributed by atoms with Crippen LogP contribution in [0.5, 0.6) is 0 Å². The number of nitriles is 1. The van der Waals surface area contributed by atoms with Gasteiger partial charge in [-0.2, -0.15) is 5.26 Å². The van der Waals surface area contributed by atoms with Gasteiger partial charge in [-0.15, -0.1) is 5.10 Å². The van der Waals surface area contributed by atoms with Gasteiger partial charge < -0.3 is 0 Å². The summed E-state index contributed by atoms with van der Waals surface area (Å²) in [6.07, 6.45) is 5.41. The van der Waals surface area contributed by atoms with Crippen molar-refractivity contribution in [3.05, 3.63) is 0 Å². The van der Waals surface area contributed by atoms with E-state index >= 15 is 0 Å². The van der Waals surface area contributed by atoms with Crippen LogP contribution in [0.3, 0.4) is 0 Å². The summed E-state index contributed by atoms with van der Waals surface area (Å²) in [6, 6.07) is 2.63. The molecule has 0 N–H and O–H groups in total. The lowest BCUT2D eigenvalue weighted by atomic mass is 10.3. The highest BCUT2D eigenvalue weighted by Crippen LogP contribution is 2.32. The van der Waals surface area contributed by atoms with E-state index in [0.29, 0.717) is 12.5 Å². The van der Waals surface area contributed by atoms with Gasteiger partial charge in [0.2, 0.25) is 5.16 Å². The maximum Gasteiger partial charge on any atom is 0.209 e. The van der Waals surface area contributed by atoms with Gasteiger partial charge >= 0.3 is 0 Å². The Kier molecular flexibility index (Phi) is 3.78. The summed E-state index contributed by atoms with van der Waals surface area (Å²) in [5.41, 5.74) is 0. The molecule has 1 atom stereocenters. The lowest BCUT2D eigenvalue weighted by Crippen LogP contribution is -2.09. The van der Waals surface area contributed by atoms with Gasteiger partial charge in [-0.25, -0.2) is 4.68 Å². The molecule has 1 fully saturated rings. The van der Waals surface area contributed by atoms with Gasteiger partial charge in [-0.05, 0) is 23.3 Å². The molecule has 1 aliphatic carbocycles. The number of aromatic nitrogens is 4. The van der Waals surface area contributed by atoms with E-state index in [9.17, 15) is 0 Å². The van der Waals surface area contributed by atoms with Crippen molar-refractivity contribution in [3.63, 3.8) is 0 Å². The third-order valence-electron chi connectivity index (χ3n) is 2.82. The van der Waals surface area contributed by atoms with Gasteiger partial charge in [0.25, 0.3) is 0 Å². The molecule has 0 aliphatic heterocycles. The second-order valence-electron chi connectivity index (χ2n) is 4.14. The first-order valence-corrected chi connectivity index (χ1v) is 6.50. The highest BCUT2D eigenvalue weighted by atomic mass is 32.2. The van der Waals surface area contributed by atoms with Crippen molar-refractivity contribution in [2.75, 3.05) is 0 Å². The molecular weight excluding hydrogens is 222 g/mol. The minimum atomic E-state index is 0.246. The SMILES string of the molecule is CC(CC#N)Sc1nnnn1C1CCCC1. The number of hydrogen-bond donors (Lipinski definition) is 0. The van der Waals surface area contributed by atoms with E-state index in [1.165, 1.54) is 25.7 Å². The molecule has 0 spiro atoms. The van der Waals surface area contributed by atoms with E-state index in [1.54, 1.807) is 11.8 Å². The van der Waals surface area contributed by atoms with Crippen LogP contribution in [-0.4, -0.2) is 25.5 Å². The minimum absolute atomic E-state index is 0.246. The predicted octanol–water partition coefficient (Wildman–Crippen LogP) is 2.18. The third kappa shape index (κ3) is 2.53. The summed E-state index contributed by atoms with van der Waals surface area (Å²) in [7, 11) is 0. The Morgan fingerprint density at radius 1 is 1.56 bits per heavy atom. The summed E-state index contributed by atoms with van der Waals surface area (Å²) in [5, 5.41) is 21.6. The summed E-state index contributed by atoms with van der Waals surface area (Å²) in [5.74, 6) is 0. The normalized spacial score (nSPS) is 18.5. The van der Waals surface area contributed by atoms with Crippen LogP contribution in [0.4, 0.5) is 0 Å². The Hall–Kier alpha value is -1.09. The van der Waals surface area contributed by atoms with E-state index in [4.69, 9.17) is 5.26 Å². The quantitative estimate of drug-likeness (QED) is 0.751. The zero-order valence-electron chi connectivity index (χ0n) is 9.33. The summed E-state index contributed by atoms with van der Waals surface area (Å²) < 4.78 is 1.94. The lowest BCUT2D eigenvalue weighted by molar-refractivity contribution is 0.422. The van der Waals surface area contributed by atoms with Crippen molar-refractivity contribution >= 4 is 11.8 Å². The molecule has 2 rings (SSSR count).